The van der Waals surface area contributed by atoms with Gasteiger partial charge in [0.1, 0.15) is 11.7 Å². The molecule has 1 heterocycles. The van der Waals surface area contributed by atoms with Gasteiger partial charge in [-0.3, -0.25) is 4.79 Å². The van der Waals surface area contributed by atoms with Crippen LogP contribution >= 0.6 is 0 Å². The van der Waals surface area contributed by atoms with Crippen LogP contribution in [0.2, 0.25) is 0 Å². The molecule has 0 unspecified atom stereocenters. The monoisotopic (exact) mass is 271 g/mol. The van der Waals surface area contributed by atoms with E-state index in [0.29, 0.717) is 13.0 Å². The minimum atomic E-state index is -0.564. The number of nitrogens with one attached hydrogen (secondary N) is 1. The Morgan fingerprint density at radius 1 is 1.37 bits per heavy atom. The van der Waals surface area contributed by atoms with Crippen molar-refractivity contribution in [3.05, 3.63) is 0 Å². The van der Waals surface area contributed by atoms with Crippen LogP contribution in [0.4, 0.5) is 4.79 Å². The molecular formula is C13H21NO5. The lowest BCUT2D eigenvalue weighted by Gasteiger charge is -2.24. The van der Waals surface area contributed by atoms with Crippen molar-refractivity contribution in [1.29, 1.82) is 0 Å². The van der Waals surface area contributed by atoms with Crippen LogP contribution in [0.1, 0.15) is 34.1 Å². The molecule has 1 aliphatic carbocycles. The molecule has 6 heteroatoms. The first-order valence-electron chi connectivity index (χ1n) is 6.63. The lowest BCUT2D eigenvalue weighted by atomic mass is 10.0. The van der Waals surface area contributed by atoms with Gasteiger partial charge in [-0.25, -0.2) is 4.79 Å². The molecule has 0 aromatic rings. The molecule has 0 bridgehead atoms. The molecule has 2 fully saturated rings. The van der Waals surface area contributed by atoms with E-state index in [9.17, 15) is 9.59 Å². The average Bonchev–Trinajstić information content (AvgIpc) is 2.93. The number of fused-ring (bicyclic) bond motifs is 1. The SMILES string of the molecule is CCOC(=O)[C@H]1C[C@H]2O[C@H]2[C@@H]1NC(=O)OC(C)(C)C. The Balaban J connectivity index is 1.93. The largest absolute Gasteiger partial charge is 0.466 e. The molecule has 1 aliphatic heterocycles. The fraction of sp³-hybridized carbons (Fsp3) is 0.846. The number of alkyl carbamates (subject to hydrolysis) is 1. The van der Waals surface area contributed by atoms with Crippen LogP contribution < -0.4 is 5.32 Å². The van der Waals surface area contributed by atoms with Crippen molar-refractivity contribution >= 4 is 12.1 Å². The topological polar surface area (TPSA) is 77.2 Å². The van der Waals surface area contributed by atoms with E-state index in [4.69, 9.17) is 14.2 Å². The first kappa shape index (κ1) is 14.1. The number of carbonyl (C=O) groups is 2. The molecule has 0 aromatic heterocycles. The van der Waals surface area contributed by atoms with Crippen LogP contribution in [0.3, 0.4) is 0 Å². The highest BCUT2D eigenvalue weighted by atomic mass is 16.6. The number of hydrogen-bond donors (Lipinski definition) is 1. The predicted molar refractivity (Wildman–Crippen MR) is 66.6 cm³/mol. The highest BCUT2D eigenvalue weighted by Gasteiger charge is 2.59. The maximum absolute atomic E-state index is 11.8. The molecule has 2 rings (SSSR count). The van der Waals surface area contributed by atoms with E-state index < -0.39 is 11.7 Å². The standard InChI is InChI=1S/C13H21NO5/c1-5-17-11(15)7-6-8-10(18-8)9(7)14-12(16)19-13(2,3)4/h7-10H,5-6H2,1-4H3,(H,14,16)/t7-,8+,9+,10+/m0/s1. The van der Waals surface area contributed by atoms with Crippen molar-refractivity contribution < 1.29 is 23.8 Å². The summed E-state index contributed by atoms with van der Waals surface area (Å²) in [4.78, 5) is 23.6. The molecule has 108 valence electrons. The number of amides is 1. The number of ether oxygens (including phenoxy) is 3. The number of carbonyl (C=O) groups excluding carboxylic acids is 2. The second-order valence-electron chi connectivity index (χ2n) is 5.91. The van der Waals surface area contributed by atoms with Crippen molar-refractivity contribution in [1.82, 2.24) is 5.32 Å². The van der Waals surface area contributed by atoms with Gasteiger partial charge in [0.2, 0.25) is 0 Å². The van der Waals surface area contributed by atoms with Crippen LogP contribution in [0.15, 0.2) is 0 Å². The molecule has 0 aromatic carbocycles. The first-order chi connectivity index (χ1) is 8.81. The van der Waals surface area contributed by atoms with Gasteiger partial charge in [0.15, 0.2) is 0 Å². The van der Waals surface area contributed by atoms with Gasteiger partial charge in [-0.1, -0.05) is 0 Å². The van der Waals surface area contributed by atoms with Crippen molar-refractivity contribution in [3.8, 4) is 0 Å². The van der Waals surface area contributed by atoms with Gasteiger partial charge in [0, 0.05) is 0 Å². The van der Waals surface area contributed by atoms with Crippen LogP contribution in [-0.2, 0) is 19.0 Å². The highest BCUT2D eigenvalue weighted by molar-refractivity contribution is 5.76. The summed E-state index contributed by atoms with van der Waals surface area (Å²) in [6, 6.07) is -0.348. The van der Waals surface area contributed by atoms with E-state index in [1.165, 1.54) is 0 Å². The Kier molecular flexibility index (Phi) is 3.71. The summed E-state index contributed by atoms with van der Waals surface area (Å²) < 4.78 is 15.6. The third-order valence-corrected chi connectivity index (χ3v) is 3.17. The zero-order chi connectivity index (χ0) is 14.2. The van der Waals surface area contributed by atoms with Crippen LogP contribution in [-0.4, -0.2) is 42.5 Å². The zero-order valence-corrected chi connectivity index (χ0v) is 11.8. The van der Waals surface area contributed by atoms with Crippen molar-refractivity contribution in [2.75, 3.05) is 6.61 Å². The van der Waals surface area contributed by atoms with E-state index in [1.54, 1.807) is 27.7 Å². The summed E-state index contributed by atoms with van der Waals surface area (Å²) in [5.41, 5.74) is -0.564. The summed E-state index contributed by atoms with van der Waals surface area (Å²) in [5, 5.41) is 2.73. The summed E-state index contributed by atoms with van der Waals surface area (Å²) in [6.07, 6.45) is 0.0588. The normalized spacial score (nSPS) is 32.4. The van der Waals surface area contributed by atoms with Gasteiger partial charge in [0.25, 0.3) is 0 Å². The van der Waals surface area contributed by atoms with Crippen molar-refractivity contribution in [3.63, 3.8) is 0 Å². The smallest absolute Gasteiger partial charge is 0.407 e. The first-order valence-corrected chi connectivity index (χ1v) is 6.63. The summed E-state index contributed by atoms with van der Waals surface area (Å²) in [6.45, 7) is 7.48. The fourth-order valence-corrected chi connectivity index (χ4v) is 2.41. The molecule has 1 N–H and O–H groups in total. The zero-order valence-electron chi connectivity index (χ0n) is 11.8. The van der Waals surface area contributed by atoms with Gasteiger partial charge < -0.3 is 19.5 Å². The number of esters is 1. The van der Waals surface area contributed by atoms with Gasteiger partial charge in [-0.2, -0.15) is 0 Å². The average molecular weight is 271 g/mol. The number of epoxide rings is 1. The van der Waals surface area contributed by atoms with Gasteiger partial charge >= 0.3 is 12.1 Å². The molecule has 1 saturated carbocycles. The molecule has 2 aliphatic rings. The molecule has 0 radical (unpaired) electrons. The lowest BCUT2D eigenvalue weighted by Crippen LogP contribution is -2.46. The van der Waals surface area contributed by atoms with Crippen molar-refractivity contribution in [2.45, 2.75) is 58.0 Å². The lowest BCUT2D eigenvalue weighted by molar-refractivity contribution is -0.149. The van der Waals surface area contributed by atoms with Crippen molar-refractivity contribution in [2.24, 2.45) is 5.92 Å². The van der Waals surface area contributed by atoms with Crippen LogP contribution in [0, 0.1) is 5.92 Å². The fourth-order valence-electron chi connectivity index (χ4n) is 2.41. The predicted octanol–water partition coefficient (Wildman–Crippen LogP) is 1.23. The molecule has 19 heavy (non-hydrogen) atoms. The Hall–Kier alpha value is -1.30. The molecule has 4 atom stereocenters. The Morgan fingerprint density at radius 2 is 2.05 bits per heavy atom. The van der Waals surface area contributed by atoms with E-state index in [1.807, 2.05) is 0 Å². The van der Waals surface area contributed by atoms with E-state index in [0.717, 1.165) is 0 Å². The van der Waals surface area contributed by atoms with E-state index in [-0.39, 0.29) is 30.1 Å². The molecule has 1 saturated heterocycles. The molecular weight excluding hydrogens is 250 g/mol. The minimum Gasteiger partial charge on any atom is -0.466 e. The number of hydrogen-bond acceptors (Lipinski definition) is 5. The summed E-state index contributed by atoms with van der Waals surface area (Å²) in [7, 11) is 0. The minimum absolute atomic E-state index is 0.0642. The van der Waals surface area contributed by atoms with Crippen LogP contribution in [0.25, 0.3) is 0 Å². The van der Waals surface area contributed by atoms with E-state index >= 15 is 0 Å². The Labute approximate surface area is 112 Å². The third kappa shape index (κ3) is 3.37. The molecule has 6 nitrogen and oxygen atoms in total. The second-order valence-corrected chi connectivity index (χ2v) is 5.91. The van der Waals surface area contributed by atoms with Crippen LogP contribution in [0.5, 0.6) is 0 Å². The third-order valence-electron chi connectivity index (χ3n) is 3.17. The summed E-state index contributed by atoms with van der Waals surface area (Å²) >= 11 is 0. The highest BCUT2D eigenvalue weighted by Crippen LogP contribution is 2.43. The van der Waals surface area contributed by atoms with Gasteiger partial charge in [0.05, 0.1) is 24.7 Å². The van der Waals surface area contributed by atoms with Gasteiger partial charge in [-0.05, 0) is 34.1 Å². The molecule has 1 amide bonds. The quantitative estimate of drug-likeness (QED) is 0.617. The van der Waals surface area contributed by atoms with E-state index in [2.05, 4.69) is 5.32 Å². The maximum Gasteiger partial charge on any atom is 0.407 e. The summed E-state index contributed by atoms with van der Waals surface area (Å²) in [5.74, 6) is -0.615. The molecule has 0 spiro atoms. The Morgan fingerprint density at radius 3 is 2.63 bits per heavy atom. The van der Waals surface area contributed by atoms with Gasteiger partial charge in [-0.15, -0.1) is 0 Å². The number of rotatable bonds is 3. The maximum atomic E-state index is 11.8. The second kappa shape index (κ2) is 5.00. The Bertz CT molecular complexity index is 376.